The molecule has 0 bridgehead atoms. The van der Waals surface area contributed by atoms with E-state index in [-0.39, 0.29) is 0 Å². The quantitative estimate of drug-likeness (QED) is 0.667. The zero-order chi connectivity index (χ0) is 11.1. The number of aryl methyl sites for hydroxylation is 1. The molecule has 0 aromatic carbocycles. The fourth-order valence-electron chi connectivity index (χ4n) is 1.40. The third kappa shape index (κ3) is 3.70. The standard InChI is InChI=1S/C14H19N/c1-4-6-7-8-13(5-2)14-11-12(3)9-10-15-14/h5,7-11H,4,6H2,1-3H3/b8-7-,13-5+. The highest BCUT2D eigenvalue weighted by molar-refractivity contribution is 5.71. The Hall–Kier alpha value is -1.37. The Labute approximate surface area is 92.6 Å². The van der Waals surface area contributed by atoms with Gasteiger partial charge < -0.3 is 0 Å². The number of hydrogen-bond donors (Lipinski definition) is 0. The van der Waals surface area contributed by atoms with Crippen LogP contribution in [0, 0.1) is 6.92 Å². The first-order chi connectivity index (χ1) is 7.27. The van der Waals surface area contributed by atoms with E-state index >= 15 is 0 Å². The van der Waals surface area contributed by atoms with Crippen molar-refractivity contribution in [2.24, 2.45) is 0 Å². The molecule has 80 valence electrons. The van der Waals surface area contributed by atoms with Gasteiger partial charge in [-0.05, 0) is 43.5 Å². The van der Waals surface area contributed by atoms with Crippen LogP contribution >= 0.6 is 0 Å². The molecule has 0 fully saturated rings. The molecule has 15 heavy (non-hydrogen) atoms. The average molecular weight is 201 g/mol. The number of nitrogens with zero attached hydrogens (tertiary/aromatic N) is 1. The van der Waals surface area contributed by atoms with Crippen molar-refractivity contribution in [1.29, 1.82) is 0 Å². The molecule has 0 atom stereocenters. The highest BCUT2D eigenvalue weighted by Gasteiger charge is 1.97. The van der Waals surface area contributed by atoms with E-state index in [1.54, 1.807) is 0 Å². The summed E-state index contributed by atoms with van der Waals surface area (Å²) in [6, 6.07) is 4.14. The summed E-state index contributed by atoms with van der Waals surface area (Å²) in [4.78, 5) is 4.37. The van der Waals surface area contributed by atoms with Gasteiger partial charge in [-0.1, -0.05) is 31.6 Å². The van der Waals surface area contributed by atoms with Crippen molar-refractivity contribution < 1.29 is 0 Å². The minimum atomic E-state index is 1.06. The van der Waals surface area contributed by atoms with Gasteiger partial charge >= 0.3 is 0 Å². The lowest BCUT2D eigenvalue weighted by atomic mass is 10.1. The zero-order valence-corrected chi connectivity index (χ0v) is 9.83. The van der Waals surface area contributed by atoms with Crippen LogP contribution in [0.1, 0.15) is 37.9 Å². The van der Waals surface area contributed by atoms with Gasteiger partial charge in [0.2, 0.25) is 0 Å². The van der Waals surface area contributed by atoms with Crippen LogP contribution in [0.5, 0.6) is 0 Å². The molecule has 0 amide bonds. The van der Waals surface area contributed by atoms with Gasteiger partial charge in [0.05, 0.1) is 5.69 Å². The molecule has 1 nitrogen and oxygen atoms in total. The van der Waals surface area contributed by atoms with Crippen molar-refractivity contribution in [2.45, 2.75) is 33.6 Å². The Morgan fingerprint density at radius 2 is 2.27 bits per heavy atom. The summed E-state index contributed by atoms with van der Waals surface area (Å²) < 4.78 is 0. The lowest BCUT2D eigenvalue weighted by molar-refractivity contribution is 0.959. The Morgan fingerprint density at radius 1 is 1.47 bits per heavy atom. The molecule has 0 aliphatic carbocycles. The molecule has 0 unspecified atom stereocenters. The molecule has 0 aliphatic rings. The Balaban J connectivity index is 2.84. The van der Waals surface area contributed by atoms with E-state index in [0.29, 0.717) is 0 Å². The zero-order valence-electron chi connectivity index (χ0n) is 9.83. The second-order valence-electron chi connectivity index (χ2n) is 3.65. The first-order valence-electron chi connectivity index (χ1n) is 5.53. The average Bonchev–Trinajstić information content (AvgIpc) is 2.24. The molecule has 1 heteroatoms. The fourth-order valence-corrected chi connectivity index (χ4v) is 1.40. The summed E-state index contributed by atoms with van der Waals surface area (Å²) in [5.74, 6) is 0. The summed E-state index contributed by atoms with van der Waals surface area (Å²) in [5.41, 5.74) is 3.51. The molecule has 0 aliphatic heterocycles. The molecule has 1 rings (SSSR count). The summed E-state index contributed by atoms with van der Waals surface area (Å²) >= 11 is 0. The van der Waals surface area contributed by atoms with Crippen molar-refractivity contribution in [3.8, 4) is 0 Å². The second kappa shape index (κ2) is 6.18. The van der Waals surface area contributed by atoms with Gasteiger partial charge in [-0.25, -0.2) is 0 Å². The van der Waals surface area contributed by atoms with E-state index in [9.17, 15) is 0 Å². The smallest absolute Gasteiger partial charge is 0.0701 e. The summed E-state index contributed by atoms with van der Waals surface area (Å²) in [7, 11) is 0. The predicted octanol–water partition coefficient (Wildman–Crippen LogP) is 4.15. The molecule has 0 N–H and O–H groups in total. The van der Waals surface area contributed by atoms with Crippen LogP contribution in [0.15, 0.2) is 36.6 Å². The van der Waals surface area contributed by atoms with E-state index in [4.69, 9.17) is 0 Å². The lowest BCUT2D eigenvalue weighted by Crippen LogP contribution is -1.87. The highest BCUT2D eigenvalue weighted by atomic mass is 14.7. The largest absolute Gasteiger partial charge is 0.256 e. The van der Waals surface area contributed by atoms with Crippen molar-refractivity contribution in [3.05, 3.63) is 47.8 Å². The van der Waals surface area contributed by atoms with Gasteiger partial charge in [-0.3, -0.25) is 4.98 Å². The second-order valence-corrected chi connectivity index (χ2v) is 3.65. The number of allylic oxidation sites excluding steroid dienone is 4. The van der Waals surface area contributed by atoms with Crippen LogP contribution in [-0.2, 0) is 0 Å². The van der Waals surface area contributed by atoms with Crippen molar-refractivity contribution in [3.63, 3.8) is 0 Å². The van der Waals surface area contributed by atoms with Crippen molar-refractivity contribution in [2.75, 3.05) is 0 Å². The van der Waals surface area contributed by atoms with Gasteiger partial charge in [-0.15, -0.1) is 0 Å². The first kappa shape index (κ1) is 11.7. The maximum absolute atomic E-state index is 4.37. The van der Waals surface area contributed by atoms with Crippen molar-refractivity contribution >= 4 is 5.57 Å². The fraction of sp³-hybridized carbons (Fsp3) is 0.357. The van der Waals surface area contributed by atoms with E-state index < -0.39 is 0 Å². The van der Waals surface area contributed by atoms with Gasteiger partial charge in [0.25, 0.3) is 0 Å². The summed E-state index contributed by atoms with van der Waals surface area (Å²) in [6.45, 7) is 6.33. The van der Waals surface area contributed by atoms with Crippen LogP contribution in [0.4, 0.5) is 0 Å². The molecule has 0 radical (unpaired) electrons. The number of aromatic nitrogens is 1. The minimum Gasteiger partial charge on any atom is -0.256 e. The number of unbranched alkanes of at least 4 members (excludes halogenated alkanes) is 1. The molecule has 0 spiro atoms. The van der Waals surface area contributed by atoms with E-state index in [1.807, 2.05) is 12.3 Å². The van der Waals surface area contributed by atoms with Gasteiger partial charge in [0.15, 0.2) is 0 Å². The number of pyridine rings is 1. The van der Waals surface area contributed by atoms with Crippen LogP contribution in [0.2, 0.25) is 0 Å². The van der Waals surface area contributed by atoms with E-state index in [0.717, 1.165) is 12.1 Å². The third-order valence-corrected chi connectivity index (χ3v) is 2.27. The van der Waals surface area contributed by atoms with Crippen LogP contribution in [0.25, 0.3) is 5.57 Å². The topological polar surface area (TPSA) is 12.9 Å². The minimum absolute atomic E-state index is 1.06. The molecule has 0 saturated carbocycles. The first-order valence-corrected chi connectivity index (χ1v) is 5.53. The Kier molecular flexibility index (Phi) is 4.82. The molecular weight excluding hydrogens is 182 g/mol. The Morgan fingerprint density at radius 3 is 2.87 bits per heavy atom. The molecule has 1 aromatic heterocycles. The molecule has 0 saturated heterocycles. The monoisotopic (exact) mass is 201 g/mol. The normalized spacial score (nSPS) is 12.3. The molecule has 1 aromatic rings. The van der Waals surface area contributed by atoms with Crippen LogP contribution < -0.4 is 0 Å². The Bertz CT molecular complexity index is 361. The highest BCUT2D eigenvalue weighted by Crippen LogP contribution is 2.14. The molecule has 1 heterocycles. The SMILES string of the molecule is C/C=C(\C=C/CCC)c1cc(C)ccn1. The summed E-state index contributed by atoms with van der Waals surface area (Å²) in [6.07, 6.45) is 10.7. The van der Waals surface area contributed by atoms with Crippen LogP contribution in [0.3, 0.4) is 0 Å². The maximum atomic E-state index is 4.37. The van der Waals surface area contributed by atoms with E-state index in [2.05, 4.69) is 50.0 Å². The van der Waals surface area contributed by atoms with Crippen molar-refractivity contribution in [1.82, 2.24) is 4.98 Å². The van der Waals surface area contributed by atoms with Gasteiger partial charge in [-0.2, -0.15) is 0 Å². The maximum Gasteiger partial charge on any atom is 0.0701 e. The molecular formula is C14H19N. The predicted molar refractivity (Wildman–Crippen MR) is 66.7 cm³/mol. The summed E-state index contributed by atoms with van der Waals surface area (Å²) in [5, 5.41) is 0. The number of hydrogen-bond acceptors (Lipinski definition) is 1. The van der Waals surface area contributed by atoms with Gasteiger partial charge in [0.1, 0.15) is 0 Å². The van der Waals surface area contributed by atoms with Gasteiger partial charge in [0, 0.05) is 6.20 Å². The number of rotatable bonds is 4. The van der Waals surface area contributed by atoms with Crippen LogP contribution in [-0.4, -0.2) is 4.98 Å². The lowest BCUT2D eigenvalue weighted by Gasteiger charge is -2.01. The third-order valence-electron chi connectivity index (χ3n) is 2.27. The van der Waals surface area contributed by atoms with E-state index in [1.165, 1.54) is 17.6 Å².